The van der Waals surface area contributed by atoms with Gasteiger partial charge in [0, 0.05) is 12.8 Å². The summed E-state index contributed by atoms with van der Waals surface area (Å²) in [5.41, 5.74) is 0. The molecule has 0 aromatic heterocycles. The molecule has 0 rings (SSSR count). The van der Waals surface area contributed by atoms with Crippen LogP contribution < -0.4 is 0 Å². The maximum absolute atomic E-state index is 11.2. The highest BCUT2D eigenvalue weighted by Gasteiger charge is 2.05. The second-order valence-electron chi connectivity index (χ2n) is 3.36. The van der Waals surface area contributed by atoms with Crippen LogP contribution in [0.15, 0.2) is 0 Å². The molecular weight excluding hydrogens is 136 g/mol. The molecule has 0 aliphatic rings. The Kier molecular flexibility index (Phi) is 6.19. The van der Waals surface area contributed by atoms with E-state index >= 15 is 0 Å². The predicted molar refractivity (Wildman–Crippen MR) is 48.6 cm³/mol. The van der Waals surface area contributed by atoms with Crippen molar-refractivity contribution in [2.75, 3.05) is 0 Å². The fourth-order valence-electron chi connectivity index (χ4n) is 1.01. The molecule has 1 unspecified atom stereocenters. The lowest BCUT2D eigenvalue weighted by molar-refractivity contribution is -0.120. The highest BCUT2D eigenvalue weighted by molar-refractivity contribution is 5.78. The van der Waals surface area contributed by atoms with Crippen molar-refractivity contribution in [1.29, 1.82) is 0 Å². The molecule has 0 aromatic carbocycles. The molecule has 0 N–H and O–H groups in total. The number of ketones is 1. The SMILES string of the molecule is CCCCC(=O)CC(C)CC. The van der Waals surface area contributed by atoms with Crippen molar-refractivity contribution in [2.24, 2.45) is 5.92 Å². The maximum Gasteiger partial charge on any atom is 0.133 e. The Balaban J connectivity index is 3.36. The zero-order chi connectivity index (χ0) is 8.69. The molecule has 0 saturated heterocycles. The fourth-order valence-corrected chi connectivity index (χ4v) is 1.01. The van der Waals surface area contributed by atoms with Crippen molar-refractivity contribution in [1.82, 2.24) is 0 Å². The summed E-state index contributed by atoms with van der Waals surface area (Å²) < 4.78 is 0. The third-order valence-corrected chi connectivity index (χ3v) is 2.08. The van der Waals surface area contributed by atoms with Crippen molar-refractivity contribution in [3.63, 3.8) is 0 Å². The molecule has 1 atom stereocenters. The summed E-state index contributed by atoms with van der Waals surface area (Å²) in [7, 11) is 0. The number of rotatable bonds is 6. The van der Waals surface area contributed by atoms with Crippen LogP contribution in [-0.4, -0.2) is 5.78 Å². The second kappa shape index (κ2) is 6.38. The first-order chi connectivity index (χ1) is 5.20. The van der Waals surface area contributed by atoms with Crippen LogP contribution in [0.5, 0.6) is 0 Å². The Labute approximate surface area is 70.2 Å². The Morgan fingerprint density at radius 2 is 2.00 bits per heavy atom. The molecule has 0 aliphatic carbocycles. The largest absolute Gasteiger partial charge is 0.300 e. The van der Waals surface area contributed by atoms with E-state index in [0.717, 1.165) is 32.1 Å². The Bertz CT molecular complexity index is 107. The number of Topliss-reactive ketones (excluding diaryl/α,β-unsaturated/α-hetero) is 1. The normalized spacial score (nSPS) is 13.0. The minimum Gasteiger partial charge on any atom is -0.300 e. The van der Waals surface area contributed by atoms with Crippen LogP contribution in [0.1, 0.15) is 52.9 Å². The molecular formula is C10H20O. The summed E-state index contributed by atoms with van der Waals surface area (Å²) in [5.74, 6) is 1.03. The van der Waals surface area contributed by atoms with Crippen LogP contribution in [0.25, 0.3) is 0 Å². The van der Waals surface area contributed by atoms with E-state index in [9.17, 15) is 4.79 Å². The monoisotopic (exact) mass is 156 g/mol. The second-order valence-corrected chi connectivity index (χ2v) is 3.36. The lowest BCUT2D eigenvalue weighted by Gasteiger charge is -2.05. The van der Waals surface area contributed by atoms with Crippen molar-refractivity contribution >= 4 is 5.78 Å². The molecule has 0 radical (unpaired) electrons. The van der Waals surface area contributed by atoms with Crippen LogP contribution >= 0.6 is 0 Å². The van der Waals surface area contributed by atoms with E-state index in [-0.39, 0.29) is 0 Å². The Morgan fingerprint density at radius 1 is 1.36 bits per heavy atom. The van der Waals surface area contributed by atoms with Gasteiger partial charge in [0.2, 0.25) is 0 Å². The average Bonchev–Trinajstić information content (AvgIpc) is 2.00. The van der Waals surface area contributed by atoms with Crippen LogP contribution in [0.4, 0.5) is 0 Å². The van der Waals surface area contributed by atoms with Crippen molar-refractivity contribution in [3.8, 4) is 0 Å². The Morgan fingerprint density at radius 3 is 2.45 bits per heavy atom. The standard InChI is InChI=1S/C10H20O/c1-4-6-7-10(11)8-9(3)5-2/h9H,4-8H2,1-3H3. The van der Waals surface area contributed by atoms with Gasteiger partial charge in [0.15, 0.2) is 0 Å². The van der Waals surface area contributed by atoms with E-state index in [1.54, 1.807) is 0 Å². The smallest absolute Gasteiger partial charge is 0.133 e. The van der Waals surface area contributed by atoms with E-state index in [1.165, 1.54) is 0 Å². The van der Waals surface area contributed by atoms with Crippen molar-refractivity contribution in [3.05, 3.63) is 0 Å². The number of hydrogen-bond donors (Lipinski definition) is 0. The van der Waals surface area contributed by atoms with Crippen LogP contribution in [0.3, 0.4) is 0 Å². The van der Waals surface area contributed by atoms with Crippen molar-refractivity contribution in [2.45, 2.75) is 52.9 Å². The van der Waals surface area contributed by atoms with E-state index in [4.69, 9.17) is 0 Å². The highest BCUT2D eigenvalue weighted by atomic mass is 16.1. The summed E-state index contributed by atoms with van der Waals surface area (Å²) in [4.78, 5) is 11.2. The van der Waals surface area contributed by atoms with Gasteiger partial charge < -0.3 is 0 Å². The number of carbonyl (C=O) groups excluding carboxylic acids is 1. The van der Waals surface area contributed by atoms with Gasteiger partial charge in [-0.15, -0.1) is 0 Å². The molecule has 1 heteroatoms. The first kappa shape index (κ1) is 10.7. The summed E-state index contributed by atoms with van der Waals surface area (Å²) in [6, 6.07) is 0. The van der Waals surface area contributed by atoms with Gasteiger partial charge in [0.1, 0.15) is 5.78 Å². The molecule has 0 heterocycles. The zero-order valence-electron chi connectivity index (χ0n) is 8.02. The molecule has 11 heavy (non-hydrogen) atoms. The maximum atomic E-state index is 11.2. The van der Waals surface area contributed by atoms with E-state index in [0.29, 0.717) is 11.7 Å². The number of unbranched alkanes of at least 4 members (excludes halogenated alkanes) is 1. The molecule has 0 amide bonds. The summed E-state index contributed by atoms with van der Waals surface area (Å²) in [6.07, 6.45) is 4.90. The minimum absolute atomic E-state index is 0.446. The fraction of sp³-hybridized carbons (Fsp3) is 0.900. The number of hydrogen-bond acceptors (Lipinski definition) is 1. The van der Waals surface area contributed by atoms with Crippen LogP contribution in [0.2, 0.25) is 0 Å². The van der Waals surface area contributed by atoms with Crippen LogP contribution in [0, 0.1) is 5.92 Å². The van der Waals surface area contributed by atoms with Crippen LogP contribution in [-0.2, 0) is 4.79 Å². The molecule has 0 fully saturated rings. The zero-order valence-corrected chi connectivity index (χ0v) is 8.02. The Hall–Kier alpha value is -0.330. The molecule has 0 spiro atoms. The lowest BCUT2D eigenvalue weighted by Crippen LogP contribution is -2.04. The van der Waals surface area contributed by atoms with Crippen molar-refractivity contribution < 1.29 is 4.79 Å². The highest BCUT2D eigenvalue weighted by Crippen LogP contribution is 2.09. The molecule has 0 aromatic rings. The van der Waals surface area contributed by atoms with E-state index in [1.807, 2.05) is 0 Å². The van der Waals surface area contributed by atoms with Gasteiger partial charge in [-0.1, -0.05) is 33.6 Å². The van der Waals surface area contributed by atoms with Gasteiger partial charge in [-0.05, 0) is 12.3 Å². The third-order valence-electron chi connectivity index (χ3n) is 2.08. The topological polar surface area (TPSA) is 17.1 Å². The average molecular weight is 156 g/mol. The minimum atomic E-state index is 0.446. The van der Waals surface area contributed by atoms with Gasteiger partial charge in [-0.3, -0.25) is 4.79 Å². The first-order valence-electron chi connectivity index (χ1n) is 4.72. The first-order valence-corrected chi connectivity index (χ1v) is 4.72. The predicted octanol–water partition coefficient (Wildman–Crippen LogP) is 3.18. The molecule has 0 saturated carbocycles. The summed E-state index contributed by atoms with van der Waals surface area (Å²) >= 11 is 0. The molecule has 66 valence electrons. The lowest BCUT2D eigenvalue weighted by atomic mass is 9.99. The molecule has 1 nitrogen and oxygen atoms in total. The summed E-state index contributed by atoms with van der Waals surface area (Å²) in [5, 5.41) is 0. The molecule has 0 aliphatic heterocycles. The van der Waals surface area contributed by atoms with Gasteiger partial charge in [0.25, 0.3) is 0 Å². The molecule has 0 bridgehead atoms. The van der Waals surface area contributed by atoms with Gasteiger partial charge in [-0.2, -0.15) is 0 Å². The third kappa shape index (κ3) is 6.08. The number of carbonyl (C=O) groups is 1. The summed E-state index contributed by atoms with van der Waals surface area (Å²) in [6.45, 7) is 6.40. The van der Waals surface area contributed by atoms with Gasteiger partial charge in [0.05, 0.1) is 0 Å². The van der Waals surface area contributed by atoms with E-state index < -0.39 is 0 Å². The quantitative estimate of drug-likeness (QED) is 0.577. The van der Waals surface area contributed by atoms with Gasteiger partial charge >= 0.3 is 0 Å². The van der Waals surface area contributed by atoms with Gasteiger partial charge in [-0.25, -0.2) is 0 Å². The van der Waals surface area contributed by atoms with E-state index in [2.05, 4.69) is 20.8 Å².